The van der Waals surface area contributed by atoms with Crippen LogP contribution < -0.4 is 0 Å². The van der Waals surface area contributed by atoms with Gasteiger partial charge in [-0.15, -0.1) is 0 Å². The normalized spacial score (nSPS) is 36.9. The number of fused-ring (bicyclic) bond motifs is 4. The summed E-state index contributed by atoms with van der Waals surface area (Å²) in [7, 11) is 0. The Morgan fingerprint density at radius 3 is 2.42 bits per heavy atom. The molecule has 0 aromatic rings. The molecule has 0 aromatic heterocycles. The summed E-state index contributed by atoms with van der Waals surface area (Å²) in [6, 6.07) is 0. The van der Waals surface area contributed by atoms with Crippen LogP contribution in [0.15, 0.2) is 47.6 Å². The third kappa shape index (κ3) is 9.64. The number of ether oxygens (including phenoxy) is 4. The minimum absolute atomic E-state index is 0.0352. The van der Waals surface area contributed by atoms with Crippen molar-refractivity contribution in [2.24, 2.45) is 5.92 Å². The van der Waals surface area contributed by atoms with Crippen LogP contribution in [0.3, 0.4) is 0 Å². The van der Waals surface area contributed by atoms with Crippen molar-refractivity contribution in [2.45, 2.75) is 129 Å². The van der Waals surface area contributed by atoms with Crippen LogP contribution >= 0.6 is 0 Å². The monoisotopic (exact) mass is 500 g/mol. The average Bonchev–Trinajstić information content (AvgIpc) is 2.85. The van der Waals surface area contributed by atoms with E-state index in [9.17, 15) is 4.79 Å². The van der Waals surface area contributed by atoms with E-state index in [2.05, 4.69) is 46.8 Å². The highest BCUT2D eigenvalue weighted by Gasteiger charge is 2.33. The molecule has 5 heteroatoms. The van der Waals surface area contributed by atoms with Gasteiger partial charge in [-0.25, -0.2) is 0 Å². The predicted molar refractivity (Wildman–Crippen MR) is 145 cm³/mol. The molecule has 3 fully saturated rings. The SMILES string of the molecule is C/C=C1\CC2CC(=O)OC(/C=C/C=C\C=C(/C)CC)C(C)COC(C)CC3CCCC(CC(C1)O2)O3. The fraction of sp³-hybridized carbons (Fsp3) is 0.710. The number of rotatable bonds is 4. The van der Waals surface area contributed by atoms with Crippen molar-refractivity contribution >= 4 is 5.97 Å². The van der Waals surface area contributed by atoms with E-state index in [1.54, 1.807) is 0 Å². The van der Waals surface area contributed by atoms with Gasteiger partial charge in [0.1, 0.15) is 6.10 Å². The highest BCUT2D eigenvalue weighted by molar-refractivity contribution is 5.70. The minimum Gasteiger partial charge on any atom is -0.458 e. The van der Waals surface area contributed by atoms with Crippen molar-refractivity contribution in [1.29, 1.82) is 0 Å². The van der Waals surface area contributed by atoms with Crippen LogP contribution in [0, 0.1) is 5.92 Å². The zero-order valence-corrected chi connectivity index (χ0v) is 23.1. The maximum Gasteiger partial charge on any atom is 0.309 e. The number of carbonyl (C=O) groups is 1. The molecule has 0 aliphatic carbocycles. The Bertz CT molecular complexity index is 810. The van der Waals surface area contributed by atoms with Crippen molar-refractivity contribution in [3.63, 3.8) is 0 Å². The van der Waals surface area contributed by atoms with Crippen LogP contribution in [0.25, 0.3) is 0 Å². The molecule has 7 unspecified atom stereocenters. The Balaban J connectivity index is 1.75. The van der Waals surface area contributed by atoms with Gasteiger partial charge in [-0.2, -0.15) is 0 Å². The summed E-state index contributed by atoms with van der Waals surface area (Å²) in [5.41, 5.74) is 2.69. The average molecular weight is 501 g/mol. The molecule has 0 radical (unpaired) electrons. The summed E-state index contributed by atoms with van der Waals surface area (Å²) >= 11 is 0. The third-order valence-corrected chi connectivity index (χ3v) is 7.66. The van der Waals surface area contributed by atoms with Crippen LogP contribution in [0.2, 0.25) is 0 Å². The molecule has 4 bridgehead atoms. The van der Waals surface area contributed by atoms with Crippen LogP contribution in [0.5, 0.6) is 0 Å². The van der Waals surface area contributed by atoms with Gasteiger partial charge in [-0.1, -0.05) is 55.4 Å². The maximum absolute atomic E-state index is 13.0. The lowest BCUT2D eigenvalue weighted by molar-refractivity contribution is -0.158. The van der Waals surface area contributed by atoms with Crippen molar-refractivity contribution < 1.29 is 23.7 Å². The van der Waals surface area contributed by atoms with Crippen molar-refractivity contribution in [2.75, 3.05) is 6.61 Å². The third-order valence-electron chi connectivity index (χ3n) is 7.66. The van der Waals surface area contributed by atoms with Crippen LogP contribution in [0.4, 0.5) is 0 Å². The zero-order valence-electron chi connectivity index (χ0n) is 23.1. The lowest BCUT2D eigenvalue weighted by atomic mass is 9.91. The molecule has 0 N–H and O–H groups in total. The Morgan fingerprint density at radius 1 is 0.944 bits per heavy atom. The smallest absolute Gasteiger partial charge is 0.309 e. The van der Waals surface area contributed by atoms with Gasteiger partial charge in [-0.3, -0.25) is 4.79 Å². The molecule has 0 spiro atoms. The van der Waals surface area contributed by atoms with Gasteiger partial charge in [0.15, 0.2) is 0 Å². The highest BCUT2D eigenvalue weighted by Crippen LogP contribution is 2.33. The number of hydrogen-bond acceptors (Lipinski definition) is 5. The fourth-order valence-corrected chi connectivity index (χ4v) is 5.31. The molecule has 3 aliphatic heterocycles. The van der Waals surface area contributed by atoms with Crippen molar-refractivity contribution in [3.05, 3.63) is 47.6 Å². The molecule has 7 atom stereocenters. The lowest BCUT2D eigenvalue weighted by Gasteiger charge is -2.37. The molecule has 3 aliphatic rings. The molecule has 0 saturated carbocycles. The summed E-state index contributed by atoms with van der Waals surface area (Å²) in [6.45, 7) is 11.1. The molecule has 202 valence electrons. The summed E-state index contributed by atoms with van der Waals surface area (Å²) in [5.74, 6) is -0.176. The topological polar surface area (TPSA) is 54.0 Å². The molecule has 0 aromatic carbocycles. The first-order chi connectivity index (χ1) is 17.4. The van der Waals surface area contributed by atoms with E-state index >= 15 is 0 Å². The Kier molecular flexibility index (Phi) is 12.0. The molecule has 0 amide bonds. The van der Waals surface area contributed by atoms with E-state index < -0.39 is 0 Å². The standard InChI is InChI=1S/C31H48O5/c1-6-22(3)12-9-8-10-15-30-23(4)21-33-24(5)16-26-13-11-14-27(34-26)19-28-17-25(7-2)18-29(35-28)20-31(32)36-30/h7-10,12,15,23-24,26-30H,6,11,13-14,16-21H2,1-5H3/b9-8-,15-10+,22-12+,25-7-. The fourth-order valence-electron chi connectivity index (χ4n) is 5.31. The second-order valence-corrected chi connectivity index (χ2v) is 10.9. The van der Waals surface area contributed by atoms with Crippen LogP contribution in [-0.2, 0) is 23.7 Å². The van der Waals surface area contributed by atoms with Crippen molar-refractivity contribution in [3.8, 4) is 0 Å². The molecular weight excluding hydrogens is 452 g/mol. The first-order valence-electron chi connectivity index (χ1n) is 14.1. The second-order valence-electron chi connectivity index (χ2n) is 10.9. The number of allylic oxidation sites excluding steroid dienone is 6. The number of esters is 1. The summed E-state index contributed by atoms with van der Waals surface area (Å²) in [6.07, 6.45) is 20.6. The molecule has 3 saturated heterocycles. The molecule has 3 heterocycles. The van der Waals surface area contributed by atoms with Gasteiger partial charge in [-0.05, 0) is 71.8 Å². The summed E-state index contributed by atoms with van der Waals surface area (Å²) in [5, 5.41) is 0. The first kappa shape index (κ1) is 28.9. The van der Waals surface area contributed by atoms with Crippen molar-refractivity contribution in [1.82, 2.24) is 0 Å². The Hall–Kier alpha value is -1.69. The van der Waals surface area contributed by atoms with E-state index in [0.29, 0.717) is 6.61 Å². The number of hydrogen-bond donors (Lipinski definition) is 0. The highest BCUT2D eigenvalue weighted by atomic mass is 16.6. The molecule has 3 rings (SSSR count). The van der Waals surface area contributed by atoms with Gasteiger partial charge >= 0.3 is 5.97 Å². The number of carbonyl (C=O) groups excluding carboxylic acids is 1. The predicted octanol–water partition coefficient (Wildman–Crippen LogP) is 7.02. The van der Waals surface area contributed by atoms with E-state index in [-0.39, 0.29) is 54.9 Å². The minimum atomic E-state index is -0.352. The Labute approximate surface area is 219 Å². The van der Waals surface area contributed by atoms with E-state index in [0.717, 1.165) is 44.9 Å². The van der Waals surface area contributed by atoms with Crippen LogP contribution in [-0.4, -0.2) is 49.2 Å². The van der Waals surface area contributed by atoms with Crippen LogP contribution in [0.1, 0.15) is 92.4 Å². The molecular formula is C31H48O5. The van der Waals surface area contributed by atoms with E-state index in [1.165, 1.54) is 17.6 Å². The number of cyclic esters (lactones) is 1. The molecule has 5 nitrogen and oxygen atoms in total. The lowest BCUT2D eigenvalue weighted by Crippen LogP contribution is -2.38. The van der Waals surface area contributed by atoms with Gasteiger partial charge < -0.3 is 18.9 Å². The van der Waals surface area contributed by atoms with Gasteiger partial charge in [0.2, 0.25) is 0 Å². The van der Waals surface area contributed by atoms with Gasteiger partial charge in [0, 0.05) is 12.3 Å². The van der Waals surface area contributed by atoms with E-state index in [1.807, 2.05) is 24.3 Å². The molecule has 36 heavy (non-hydrogen) atoms. The first-order valence-corrected chi connectivity index (χ1v) is 14.1. The summed E-state index contributed by atoms with van der Waals surface area (Å²) in [4.78, 5) is 13.0. The maximum atomic E-state index is 13.0. The van der Waals surface area contributed by atoms with Gasteiger partial charge in [0.25, 0.3) is 0 Å². The van der Waals surface area contributed by atoms with E-state index in [4.69, 9.17) is 18.9 Å². The van der Waals surface area contributed by atoms with Gasteiger partial charge in [0.05, 0.1) is 43.5 Å². The Morgan fingerprint density at radius 2 is 1.67 bits per heavy atom. The zero-order chi connectivity index (χ0) is 25.9. The quantitative estimate of drug-likeness (QED) is 0.236. The summed E-state index contributed by atoms with van der Waals surface area (Å²) < 4.78 is 25.1. The second kappa shape index (κ2) is 14.9. The largest absolute Gasteiger partial charge is 0.458 e.